The molecule has 90 valence electrons. The van der Waals surface area contributed by atoms with E-state index >= 15 is 0 Å². The van der Waals surface area contributed by atoms with Crippen molar-refractivity contribution in [1.29, 1.82) is 0 Å². The highest BCUT2D eigenvalue weighted by Crippen LogP contribution is 2.13. The monoisotopic (exact) mass is 251 g/mol. The van der Waals surface area contributed by atoms with Gasteiger partial charge >= 0.3 is 5.97 Å². The number of nitrogens with two attached hydrogens (primary N) is 1. The highest BCUT2D eigenvalue weighted by atomic mass is 35.5. The second kappa shape index (κ2) is 6.40. The fraction of sp³-hybridized carbons (Fsp3) is 0.300. The fourth-order valence-corrected chi connectivity index (χ4v) is 1.18. The van der Waals surface area contributed by atoms with Crippen LogP contribution in [0.15, 0.2) is 18.2 Å². The molecule has 0 aliphatic heterocycles. The molecule has 1 rings (SSSR count). The van der Waals surface area contributed by atoms with Crippen molar-refractivity contribution in [2.45, 2.75) is 12.5 Å². The van der Waals surface area contributed by atoms with Crippen LogP contribution in [0.25, 0.3) is 0 Å². The maximum absolute atomic E-state index is 13.1. The van der Waals surface area contributed by atoms with Crippen molar-refractivity contribution in [2.24, 2.45) is 5.73 Å². The molecule has 0 spiro atoms. The summed E-state index contributed by atoms with van der Waals surface area (Å²) in [5.74, 6) is -2.12. The Labute approximate surface area is 98.0 Å². The van der Waals surface area contributed by atoms with Crippen LogP contribution in [0.3, 0.4) is 0 Å². The van der Waals surface area contributed by atoms with E-state index in [0.717, 1.165) is 12.1 Å². The van der Waals surface area contributed by atoms with Crippen molar-refractivity contribution in [3.05, 3.63) is 35.4 Å². The quantitative estimate of drug-likeness (QED) is 0.827. The van der Waals surface area contributed by atoms with Crippen LogP contribution in [0, 0.1) is 11.6 Å². The van der Waals surface area contributed by atoms with Crippen molar-refractivity contribution in [3.63, 3.8) is 0 Å². The van der Waals surface area contributed by atoms with Gasteiger partial charge in [-0.3, -0.25) is 4.79 Å². The Morgan fingerprint density at radius 1 is 1.44 bits per heavy atom. The fourth-order valence-electron chi connectivity index (χ4n) is 1.18. The van der Waals surface area contributed by atoms with Gasteiger partial charge < -0.3 is 10.5 Å². The molecule has 0 saturated heterocycles. The first-order valence-electron chi connectivity index (χ1n) is 4.32. The van der Waals surface area contributed by atoms with E-state index < -0.39 is 23.6 Å². The third-order valence-corrected chi connectivity index (χ3v) is 1.99. The minimum Gasteiger partial charge on any atom is -0.468 e. The largest absolute Gasteiger partial charge is 0.468 e. The van der Waals surface area contributed by atoms with E-state index in [2.05, 4.69) is 4.74 Å². The SMILES string of the molecule is COC(=O)C(N)Cc1c(F)cccc1F.Cl. The number of esters is 1. The zero-order valence-electron chi connectivity index (χ0n) is 8.57. The second-order valence-electron chi connectivity index (χ2n) is 3.03. The molecule has 2 N–H and O–H groups in total. The highest BCUT2D eigenvalue weighted by molar-refractivity contribution is 5.85. The molecule has 1 aromatic rings. The predicted octanol–water partition coefficient (Wildman–Crippen LogP) is 1.43. The van der Waals surface area contributed by atoms with Crippen LogP contribution in [0.1, 0.15) is 5.56 Å². The van der Waals surface area contributed by atoms with Gasteiger partial charge in [0.2, 0.25) is 0 Å². The standard InChI is InChI=1S/C10H11F2NO2.ClH/c1-15-10(14)9(13)5-6-7(11)3-2-4-8(6)12;/h2-4,9H,5,13H2,1H3;1H. The van der Waals surface area contributed by atoms with E-state index in [0.29, 0.717) is 0 Å². The van der Waals surface area contributed by atoms with Crippen molar-refractivity contribution < 1.29 is 18.3 Å². The predicted molar refractivity (Wildman–Crippen MR) is 57.3 cm³/mol. The van der Waals surface area contributed by atoms with E-state index in [9.17, 15) is 13.6 Å². The summed E-state index contributed by atoms with van der Waals surface area (Å²) in [7, 11) is 1.17. The molecule has 1 atom stereocenters. The number of methoxy groups -OCH3 is 1. The summed E-state index contributed by atoms with van der Waals surface area (Å²) >= 11 is 0. The van der Waals surface area contributed by atoms with E-state index in [-0.39, 0.29) is 24.4 Å². The van der Waals surface area contributed by atoms with Crippen LogP contribution in [-0.2, 0) is 16.0 Å². The smallest absolute Gasteiger partial charge is 0.322 e. The molecular formula is C10H12ClF2NO2. The van der Waals surface area contributed by atoms with Crippen molar-refractivity contribution in [1.82, 2.24) is 0 Å². The molecule has 1 unspecified atom stereocenters. The Morgan fingerprint density at radius 3 is 2.38 bits per heavy atom. The first-order chi connectivity index (χ1) is 7.06. The van der Waals surface area contributed by atoms with Gasteiger partial charge in [-0.05, 0) is 12.1 Å². The molecule has 6 heteroatoms. The Morgan fingerprint density at radius 2 is 1.94 bits per heavy atom. The molecule has 3 nitrogen and oxygen atoms in total. The first-order valence-corrected chi connectivity index (χ1v) is 4.32. The number of carbonyl (C=O) groups is 1. The zero-order valence-corrected chi connectivity index (χ0v) is 9.39. The van der Waals surface area contributed by atoms with Gasteiger partial charge in [-0.15, -0.1) is 12.4 Å². The van der Waals surface area contributed by atoms with Gasteiger partial charge in [0.25, 0.3) is 0 Å². The molecule has 0 aliphatic carbocycles. The van der Waals surface area contributed by atoms with Crippen LogP contribution in [-0.4, -0.2) is 19.1 Å². The lowest BCUT2D eigenvalue weighted by Crippen LogP contribution is -2.34. The van der Waals surface area contributed by atoms with Crippen molar-refractivity contribution in [3.8, 4) is 0 Å². The van der Waals surface area contributed by atoms with Gasteiger partial charge in [-0.2, -0.15) is 0 Å². The average Bonchev–Trinajstić information content (AvgIpc) is 2.22. The number of carbonyl (C=O) groups excluding carboxylic acids is 1. The normalized spacial score (nSPS) is 11.5. The average molecular weight is 252 g/mol. The molecule has 0 heterocycles. The van der Waals surface area contributed by atoms with Crippen LogP contribution in [0.2, 0.25) is 0 Å². The molecule has 16 heavy (non-hydrogen) atoms. The Balaban J connectivity index is 0.00000225. The number of ether oxygens (including phenoxy) is 1. The molecule has 0 aromatic heterocycles. The van der Waals surface area contributed by atoms with Gasteiger partial charge in [-0.1, -0.05) is 6.07 Å². The van der Waals surface area contributed by atoms with E-state index in [4.69, 9.17) is 5.73 Å². The third-order valence-electron chi connectivity index (χ3n) is 1.99. The van der Waals surface area contributed by atoms with Gasteiger partial charge in [0.1, 0.15) is 17.7 Å². The van der Waals surface area contributed by atoms with Crippen molar-refractivity contribution in [2.75, 3.05) is 7.11 Å². The van der Waals surface area contributed by atoms with E-state index in [1.165, 1.54) is 13.2 Å². The Kier molecular flexibility index (Phi) is 5.92. The highest BCUT2D eigenvalue weighted by Gasteiger charge is 2.18. The van der Waals surface area contributed by atoms with Gasteiger partial charge in [-0.25, -0.2) is 8.78 Å². The van der Waals surface area contributed by atoms with E-state index in [1.54, 1.807) is 0 Å². The lowest BCUT2D eigenvalue weighted by Gasteiger charge is -2.10. The topological polar surface area (TPSA) is 52.3 Å². The number of hydrogen-bond donors (Lipinski definition) is 1. The summed E-state index contributed by atoms with van der Waals surface area (Å²) in [6.07, 6.45) is -0.217. The van der Waals surface area contributed by atoms with Gasteiger partial charge in [0, 0.05) is 12.0 Å². The number of hydrogen-bond acceptors (Lipinski definition) is 3. The second-order valence-corrected chi connectivity index (χ2v) is 3.03. The number of benzene rings is 1. The summed E-state index contributed by atoms with van der Waals surface area (Å²) in [6, 6.07) is 2.42. The molecule has 1 aromatic carbocycles. The summed E-state index contributed by atoms with van der Waals surface area (Å²) in [6.45, 7) is 0. The summed E-state index contributed by atoms with van der Waals surface area (Å²) < 4.78 is 30.6. The third kappa shape index (κ3) is 3.43. The molecular weight excluding hydrogens is 240 g/mol. The molecule has 0 aliphatic rings. The van der Waals surface area contributed by atoms with Gasteiger partial charge in [0.15, 0.2) is 0 Å². The molecule has 0 fully saturated rings. The summed E-state index contributed by atoms with van der Waals surface area (Å²) in [5.41, 5.74) is 5.19. The molecule has 0 radical (unpaired) electrons. The Hall–Kier alpha value is -1.20. The minimum absolute atomic E-state index is 0. The minimum atomic E-state index is -1.05. The zero-order chi connectivity index (χ0) is 11.4. The van der Waals surface area contributed by atoms with Gasteiger partial charge in [0.05, 0.1) is 7.11 Å². The summed E-state index contributed by atoms with van der Waals surface area (Å²) in [4.78, 5) is 10.9. The molecule has 0 amide bonds. The number of halogens is 3. The van der Waals surface area contributed by atoms with Crippen molar-refractivity contribution >= 4 is 18.4 Å². The van der Waals surface area contributed by atoms with Crippen LogP contribution < -0.4 is 5.73 Å². The maximum Gasteiger partial charge on any atom is 0.322 e. The Bertz CT molecular complexity index is 354. The van der Waals surface area contributed by atoms with Crippen LogP contribution >= 0.6 is 12.4 Å². The van der Waals surface area contributed by atoms with E-state index in [1.807, 2.05) is 0 Å². The molecule has 0 bridgehead atoms. The summed E-state index contributed by atoms with van der Waals surface area (Å²) in [5, 5.41) is 0. The lowest BCUT2D eigenvalue weighted by molar-refractivity contribution is -0.142. The lowest BCUT2D eigenvalue weighted by atomic mass is 10.1. The molecule has 0 saturated carbocycles. The van der Waals surface area contributed by atoms with Crippen LogP contribution in [0.4, 0.5) is 8.78 Å². The maximum atomic E-state index is 13.1. The van der Waals surface area contributed by atoms with Crippen LogP contribution in [0.5, 0.6) is 0 Å². The number of rotatable bonds is 3. The first kappa shape index (κ1) is 14.8.